The van der Waals surface area contributed by atoms with Gasteiger partial charge in [-0.05, 0) is 49.9 Å². The summed E-state index contributed by atoms with van der Waals surface area (Å²) in [4.78, 5) is 0. The molecule has 0 atom stereocenters. The van der Waals surface area contributed by atoms with Gasteiger partial charge in [-0.2, -0.15) is 0 Å². The van der Waals surface area contributed by atoms with Crippen molar-refractivity contribution in [2.24, 2.45) is 5.73 Å². The highest BCUT2D eigenvalue weighted by Gasteiger charge is 2.05. The van der Waals surface area contributed by atoms with Gasteiger partial charge in [0, 0.05) is 6.04 Å². The van der Waals surface area contributed by atoms with E-state index in [0.717, 1.165) is 25.9 Å². The van der Waals surface area contributed by atoms with Crippen molar-refractivity contribution in [3.8, 4) is 0 Å². The number of hydrogen-bond acceptors (Lipinski definition) is 2. The van der Waals surface area contributed by atoms with Gasteiger partial charge in [-0.1, -0.05) is 24.3 Å². The molecule has 1 saturated heterocycles. The molecule has 1 fully saturated rings. The van der Waals surface area contributed by atoms with Gasteiger partial charge in [0.25, 0.3) is 0 Å². The molecule has 3 heteroatoms. The van der Waals surface area contributed by atoms with Crippen molar-refractivity contribution in [1.29, 1.82) is 0 Å². The molecule has 2 bridgehead atoms. The van der Waals surface area contributed by atoms with E-state index in [1.54, 1.807) is 0 Å². The Morgan fingerprint density at radius 3 is 2.00 bits per heavy atom. The summed E-state index contributed by atoms with van der Waals surface area (Å²) >= 11 is 0. The van der Waals surface area contributed by atoms with Crippen LogP contribution >= 0.6 is 12.4 Å². The molecule has 1 aliphatic heterocycles. The summed E-state index contributed by atoms with van der Waals surface area (Å²) in [7, 11) is 0. The Labute approximate surface area is 104 Å². The van der Waals surface area contributed by atoms with Crippen molar-refractivity contribution < 1.29 is 0 Å². The maximum Gasteiger partial charge on any atom is 0.00629 e. The largest absolute Gasteiger partial charge is 0.328 e. The Hall–Kier alpha value is -0.570. The van der Waals surface area contributed by atoms with E-state index in [1.807, 2.05) is 0 Å². The summed E-state index contributed by atoms with van der Waals surface area (Å²) in [5, 5.41) is 3.24. The molecule has 1 heterocycles. The van der Waals surface area contributed by atoms with Gasteiger partial charge < -0.3 is 11.1 Å². The normalized spacial score (nSPS) is 18.3. The average molecular weight is 241 g/mol. The maximum atomic E-state index is 5.59. The van der Waals surface area contributed by atoms with Crippen molar-refractivity contribution in [3.05, 3.63) is 35.4 Å². The lowest BCUT2D eigenvalue weighted by molar-refractivity contribution is 0.458. The fraction of sp³-hybridized carbons (Fsp3) is 0.538. The second-order valence-corrected chi connectivity index (χ2v) is 4.41. The molecule has 0 unspecified atom stereocenters. The number of halogens is 1. The fourth-order valence-corrected chi connectivity index (χ4v) is 2.07. The Morgan fingerprint density at radius 2 is 1.62 bits per heavy atom. The van der Waals surface area contributed by atoms with Gasteiger partial charge in [0.2, 0.25) is 0 Å². The van der Waals surface area contributed by atoms with Crippen LogP contribution in [0.3, 0.4) is 0 Å². The lowest BCUT2D eigenvalue weighted by Crippen LogP contribution is -2.35. The predicted molar refractivity (Wildman–Crippen MR) is 71.2 cm³/mol. The molecule has 0 aromatic heterocycles. The van der Waals surface area contributed by atoms with E-state index in [-0.39, 0.29) is 12.4 Å². The molecule has 0 amide bonds. The van der Waals surface area contributed by atoms with Gasteiger partial charge in [0.05, 0.1) is 0 Å². The number of hydrogen-bond donors (Lipinski definition) is 2. The number of nitrogens with one attached hydrogen (secondary N) is 1. The molecule has 3 N–H and O–H groups in total. The molecule has 2 nitrogen and oxygen atoms in total. The van der Waals surface area contributed by atoms with E-state index in [1.165, 1.54) is 24.0 Å². The number of aryl methyl sites for hydroxylation is 2. The molecule has 16 heavy (non-hydrogen) atoms. The van der Waals surface area contributed by atoms with Crippen molar-refractivity contribution >= 4 is 12.4 Å². The standard InChI is InChI=1S/C8H8.C5H12N2.ClH/c1-2-7-4-5-8(3-1)6-7;6-5-1-3-7-4-2-5;/h1-3,6H,4-5H2;5,7H,1-4,6H2;1H. The SMILES string of the molecule is Cl.NC1CCNCC1.c1cc2cc(c1)CC2. The zero-order chi connectivity index (χ0) is 10.5. The van der Waals surface area contributed by atoms with Crippen molar-refractivity contribution in [2.45, 2.75) is 31.7 Å². The molecular weight excluding hydrogens is 220 g/mol. The maximum absolute atomic E-state index is 5.59. The zero-order valence-corrected chi connectivity index (χ0v) is 10.4. The summed E-state index contributed by atoms with van der Waals surface area (Å²) in [6, 6.07) is 9.27. The van der Waals surface area contributed by atoms with Crippen LogP contribution in [0.25, 0.3) is 0 Å². The number of fused-ring (bicyclic) bond motifs is 2. The fourth-order valence-electron chi connectivity index (χ4n) is 2.07. The molecule has 3 rings (SSSR count). The monoisotopic (exact) mass is 240 g/mol. The summed E-state index contributed by atoms with van der Waals surface area (Å²) in [6.07, 6.45) is 4.84. The van der Waals surface area contributed by atoms with E-state index in [0.29, 0.717) is 6.04 Å². The first-order chi connectivity index (χ1) is 7.34. The predicted octanol–water partition coefficient (Wildman–Crippen LogP) is 1.90. The van der Waals surface area contributed by atoms with E-state index < -0.39 is 0 Å². The van der Waals surface area contributed by atoms with Crippen molar-refractivity contribution in [2.75, 3.05) is 13.1 Å². The zero-order valence-electron chi connectivity index (χ0n) is 9.61. The third-order valence-electron chi connectivity index (χ3n) is 3.08. The van der Waals surface area contributed by atoms with Crippen LogP contribution in [-0.2, 0) is 12.8 Å². The molecule has 0 radical (unpaired) electrons. The van der Waals surface area contributed by atoms with Gasteiger partial charge in [0.1, 0.15) is 0 Å². The van der Waals surface area contributed by atoms with Crippen LogP contribution in [0, 0.1) is 0 Å². The molecule has 90 valence electrons. The van der Waals surface area contributed by atoms with E-state index >= 15 is 0 Å². The third-order valence-corrected chi connectivity index (χ3v) is 3.08. The summed E-state index contributed by atoms with van der Waals surface area (Å²) < 4.78 is 0. The molecule has 0 spiro atoms. The molecule has 1 aromatic carbocycles. The number of rotatable bonds is 0. The molecule has 1 aliphatic carbocycles. The second-order valence-electron chi connectivity index (χ2n) is 4.41. The van der Waals surface area contributed by atoms with E-state index in [2.05, 4.69) is 29.6 Å². The second kappa shape index (κ2) is 6.89. The summed E-state index contributed by atoms with van der Waals surface area (Å²) in [6.45, 7) is 2.22. The van der Waals surface area contributed by atoms with Crippen molar-refractivity contribution in [1.82, 2.24) is 5.32 Å². The van der Waals surface area contributed by atoms with Gasteiger partial charge in [-0.3, -0.25) is 0 Å². The summed E-state index contributed by atoms with van der Waals surface area (Å²) in [5.41, 5.74) is 8.60. The first-order valence-corrected chi connectivity index (χ1v) is 5.89. The van der Waals surface area contributed by atoms with Crippen molar-refractivity contribution in [3.63, 3.8) is 0 Å². The van der Waals surface area contributed by atoms with Gasteiger partial charge in [-0.15, -0.1) is 12.4 Å². The summed E-state index contributed by atoms with van der Waals surface area (Å²) in [5.74, 6) is 0. The smallest absolute Gasteiger partial charge is 0.00629 e. The highest BCUT2D eigenvalue weighted by atomic mass is 35.5. The minimum atomic E-state index is 0. The Morgan fingerprint density at radius 1 is 1.06 bits per heavy atom. The lowest BCUT2D eigenvalue weighted by atomic mass is 10.1. The minimum Gasteiger partial charge on any atom is -0.328 e. The van der Waals surface area contributed by atoms with Crippen LogP contribution in [0.2, 0.25) is 0 Å². The Kier molecular flexibility index (Phi) is 5.81. The highest BCUT2D eigenvalue weighted by Crippen LogP contribution is 2.15. The van der Waals surface area contributed by atoms with Crippen LogP contribution in [0.15, 0.2) is 24.3 Å². The van der Waals surface area contributed by atoms with E-state index in [9.17, 15) is 0 Å². The average Bonchev–Trinajstić information content (AvgIpc) is 2.60. The number of piperidine rings is 1. The molecule has 2 aliphatic rings. The van der Waals surface area contributed by atoms with Crippen LogP contribution in [0.5, 0.6) is 0 Å². The van der Waals surface area contributed by atoms with Crippen LogP contribution in [0.4, 0.5) is 0 Å². The lowest BCUT2D eigenvalue weighted by Gasteiger charge is -2.17. The molecule has 0 saturated carbocycles. The Bertz CT molecular complexity index is 289. The minimum absolute atomic E-state index is 0. The first kappa shape index (κ1) is 13.5. The van der Waals surface area contributed by atoms with Gasteiger partial charge >= 0.3 is 0 Å². The highest BCUT2D eigenvalue weighted by molar-refractivity contribution is 5.85. The topological polar surface area (TPSA) is 38.0 Å². The van der Waals surface area contributed by atoms with Gasteiger partial charge in [0.15, 0.2) is 0 Å². The van der Waals surface area contributed by atoms with Gasteiger partial charge in [-0.25, -0.2) is 0 Å². The van der Waals surface area contributed by atoms with Crippen LogP contribution < -0.4 is 11.1 Å². The van der Waals surface area contributed by atoms with Crippen LogP contribution in [0.1, 0.15) is 24.0 Å². The number of benzene rings is 1. The Balaban J connectivity index is 0.000000152. The van der Waals surface area contributed by atoms with E-state index in [4.69, 9.17) is 5.73 Å². The molecular formula is C13H21ClN2. The van der Waals surface area contributed by atoms with Crippen LogP contribution in [-0.4, -0.2) is 19.1 Å². The third kappa shape index (κ3) is 4.12. The number of nitrogens with two attached hydrogens (primary N) is 1. The molecule has 1 aromatic rings. The first-order valence-electron chi connectivity index (χ1n) is 5.89. The quantitative estimate of drug-likeness (QED) is 0.727.